The van der Waals surface area contributed by atoms with Crippen LogP contribution in [0.1, 0.15) is 18.1 Å². The van der Waals surface area contributed by atoms with Gasteiger partial charge in [0.25, 0.3) is 0 Å². The maximum atomic E-state index is 14.2. The van der Waals surface area contributed by atoms with Crippen molar-refractivity contribution in [3.8, 4) is 11.5 Å². The molecule has 0 spiro atoms. The zero-order valence-corrected chi connectivity index (χ0v) is 20.5. The molecule has 11 heteroatoms. The first-order chi connectivity index (χ1) is 14.3. The second-order valence-electron chi connectivity index (χ2n) is 6.15. The lowest BCUT2D eigenvalue weighted by Crippen LogP contribution is -2.54. The van der Waals surface area contributed by atoms with Gasteiger partial charge in [0.05, 0.1) is 14.5 Å². The fourth-order valence-corrected chi connectivity index (χ4v) is 3.75. The van der Waals surface area contributed by atoms with E-state index in [1.54, 1.807) is 13.0 Å². The number of ether oxygens (including phenoxy) is 2. The van der Waals surface area contributed by atoms with E-state index >= 15 is 0 Å². The first kappa shape index (κ1) is 26.1. The van der Waals surface area contributed by atoms with Crippen LogP contribution in [-0.2, 0) is 5.41 Å². The van der Waals surface area contributed by atoms with E-state index in [0.717, 1.165) is 42.5 Å². The molecule has 2 nitrogen and oxygen atoms in total. The van der Waals surface area contributed by atoms with Crippen molar-refractivity contribution in [2.24, 2.45) is 0 Å². The second kappa shape index (κ2) is 10.2. The molecule has 0 aromatic heterocycles. The number of alkyl halides is 6. The molecule has 0 atom stereocenters. The molecule has 0 unspecified atom stereocenters. The van der Waals surface area contributed by atoms with E-state index in [1.165, 1.54) is 0 Å². The summed E-state index contributed by atoms with van der Waals surface area (Å²) in [5.41, 5.74) is -6.21. The van der Waals surface area contributed by atoms with Crippen molar-refractivity contribution in [2.45, 2.75) is 24.7 Å². The summed E-state index contributed by atoms with van der Waals surface area (Å²) in [5, 5.41) is 0. The third kappa shape index (κ3) is 5.60. The molecule has 0 bridgehead atoms. The van der Waals surface area contributed by atoms with Crippen LogP contribution in [0.3, 0.4) is 0 Å². The Morgan fingerprint density at radius 2 is 1.42 bits per heavy atom. The highest BCUT2D eigenvalue weighted by atomic mass is 79.9. The Labute approximate surface area is 200 Å². The zero-order valence-electron chi connectivity index (χ0n) is 15.8. The lowest BCUT2D eigenvalue weighted by Gasteiger charge is -2.38. The number of benzene rings is 2. The molecule has 0 aliphatic rings. The minimum absolute atomic E-state index is 0.0341. The Balaban J connectivity index is 2.66. The van der Waals surface area contributed by atoms with E-state index in [-0.39, 0.29) is 29.2 Å². The summed E-state index contributed by atoms with van der Waals surface area (Å²) in [5.74, 6) is 0.256. The van der Waals surface area contributed by atoms with Crippen LogP contribution in [0.5, 0.6) is 11.5 Å². The van der Waals surface area contributed by atoms with Gasteiger partial charge in [0, 0.05) is 0 Å². The Morgan fingerprint density at radius 3 is 1.87 bits per heavy atom. The Kier molecular flexibility index (Phi) is 8.54. The van der Waals surface area contributed by atoms with Gasteiger partial charge in [0.1, 0.15) is 18.1 Å². The van der Waals surface area contributed by atoms with Crippen LogP contribution in [0.15, 0.2) is 56.4 Å². The Morgan fingerprint density at radius 1 is 0.871 bits per heavy atom. The van der Waals surface area contributed by atoms with Crippen LogP contribution in [0.2, 0.25) is 0 Å². The van der Waals surface area contributed by atoms with Gasteiger partial charge in [0.15, 0.2) is 0 Å². The lowest BCUT2D eigenvalue weighted by atomic mass is 9.73. The van der Waals surface area contributed by atoms with E-state index in [2.05, 4.69) is 47.8 Å². The summed E-state index contributed by atoms with van der Waals surface area (Å²) in [4.78, 5) is 0. The van der Waals surface area contributed by atoms with Gasteiger partial charge in [-0.3, -0.25) is 0 Å². The predicted molar refractivity (Wildman–Crippen MR) is 116 cm³/mol. The zero-order chi connectivity index (χ0) is 23.4. The van der Waals surface area contributed by atoms with Crippen LogP contribution in [0.4, 0.5) is 26.3 Å². The molecular weight excluding hydrogens is 626 g/mol. The van der Waals surface area contributed by atoms with Crippen LogP contribution >= 0.6 is 47.8 Å². The van der Waals surface area contributed by atoms with Crippen LogP contribution in [0, 0.1) is 0 Å². The molecule has 0 N–H and O–H groups in total. The predicted octanol–water partition coefficient (Wildman–Crippen LogP) is 8.27. The summed E-state index contributed by atoms with van der Waals surface area (Å²) in [6.07, 6.45) is -9.79. The van der Waals surface area contributed by atoms with Crippen molar-refractivity contribution >= 4 is 47.8 Å². The van der Waals surface area contributed by atoms with Crippen LogP contribution in [-0.4, -0.2) is 25.6 Å². The van der Waals surface area contributed by atoms with Gasteiger partial charge >= 0.3 is 12.4 Å². The summed E-state index contributed by atoms with van der Waals surface area (Å²) >= 11 is 9.25. The minimum Gasteiger partial charge on any atom is -0.494 e. The molecule has 170 valence electrons. The fourth-order valence-electron chi connectivity index (χ4n) is 3.00. The Bertz CT molecular complexity index is 906. The van der Waals surface area contributed by atoms with Crippen molar-refractivity contribution in [2.75, 3.05) is 13.2 Å². The van der Waals surface area contributed by atoms with Crippen molar-refractivity contribution in [1.29, 1.82) is 0 Å². The van der Waals surface area contributed by atoms with Crippen molar-refractivity contribution in [3.63, 3.8) is 0 Å². The van der Waals surface area contributed by atoms with Crippen molar-refractivity contribution in [1.82, 2.24) is 0 Å². The average Bonchev–Trinajstić information content (AvgIpc) is 2.63. The topological polar surface area (TPSA) is 18.5 Å². The molecule has 0 saturated carbocycles. The number of halogens is 9. The monoisotopic (exact) mass is 638 g/mol. The normalized spacial score (nSPS) is 12.5. The standard InChI is InChI=1S/C20H15Br3F6O2/c1-2-30-14-6-3-12(4-7-14)18(19(24,25)26,20(27,28)29)13-5-8-16(15(21)11-13)31-10-9-17(22)23/h3-9,11H,2,10H2,1H3. The molecule has 2 rings (SSSR count). The summed E-state index contributed by atoms with van der Waals surface area (Å²) in [6.45, 7) is 1.90. The molecule has 2 aromatic rings. The number of rotatable bonds is 7. The van der Waals surface area contributed by atoms with Crippen molar-refractivity contribution in [3.05, 3.63) is 67.5 Å². The van der Waals surface area contributed by atoms with Gasteiger partial charge in [0.2, 0.25) is 5.41 Å². The molecule has 0 fully saturated rings. The highest BCUT2D eigenvalue weighted by molar-refractivity contribution is 9.28. The van der Waals surface area contributed by atoms with E-state index in [0.29, 0.717) is 3.39 Å². The molecule has 0 heterocycles. The maximum Gasteiger partial charge on any atom is 0.411 e. The third-order valence-corrected chi connectivity index (χ3v) is 5.56. The summed E-state index contributed by atoms with van der Waals surface area (Å²) < 4.78 is 96.2. The van der Waals surface area contributed by atoms with Gasteiger partial charge in [-0.25, -0.2) is 0 Å². The Hall–Kier alpha value is -1.20. The minimum atomic E-state index is -5.68. The molecule has 0 aliphatic carbocycles. The van der Waals surface area contributed by atoms with Gasteiger partial charge in [-0.05, 0) is 96.2 Å². The molecule has 0 radical (unpaired) electrons. The van der Waals surface area contributed by atoms with Crippen LogP contribution in [0.25, 0.3) is 0 Å². The number of hydrogen-bond acceptors (Lipinski definition) is 2. The van der Waals surface area contributed by atoms with E-state index in [4.69, 9.17) is 9.47 Å². The average molecular weight is 641 g/mol. The molecule has 0 saturated heterocycles. The van der Waals surface area contributed by atoms with Gasteiger partial charge in [-0.15, -0.1) is 0 Å². The van der Waals surface area contributed by atoms with Gasteiger partial charge in [-0.2, -0.15) is 26.3 Å². The highest BCUT2D eigenvalue weighted by Gasteiger charge is 2.72. The number of hydrogen-bond donors (Lipinski definition) is 0. The molecule has 0 aliphatic heterocycles. The van der Waals surface area contributed by atoms with Crippen LogP contribution < -0.4 is 9.47 Å². The van der Waals surface area contributed by atoms with E-state index in [1.807, 2.05) is 0 Å². The lowest BCUT2D eigenvalue weighted by molar-refractivity contribution is -0.288. The maximum absolute atomic E-state index is 14.2. The summed E-state index contributed by atoms with van der Waals surface area (Å²) in [6, 6.07) is 6.34. The first-order valence-electron chi connectivity index (χ1n) is 8.65. The van der Waals surface area contributed by atoms with Gasteiger partial charge in [-0.1, -0.05) is 18.2 Å². The molecule has 0 amide bonds. The molecular formula is C20H15Br3F6O2. The van der Waals surface area contributed by atoms with Gasteiger partial charge < -0.3 is 9.47 Å². The van der Waals surface area contributed by atoms with Crippen molar-refractivity contribution < 1.29 is 35.8 Å². The smallest absolute Gasteiger partial charge is 0.411 e. The molecule has 31 heavy (non-hydrogen) atoms. The SMILES string of the molecule is CCOc1ccc(C(c2ccc(OCC=C(Br)Br)c(Br)c2)(C(F)(F)F)C(F)(F)F)cc1. The van der Waals surface area contributed by atoms with E-state index < -0.39 is 28.9 Å². The third-order valence-electron chi connectivity index (χ3n) is 4.29. The van der Waals surface area contributed by atoms with E-state index in [9.17, 15) is 26.3 Å². The summed E-state index contributed by atoms with van der Waals surface area (Å²) in [7, 11) is 0. The largest absolute Gasteiger partial charge is 0.494 e. The highest BCUT2D eigenvalue weighted by Crippen LogP contribution is 2.57. The quantitative estimate of drug-likeness (QED) is 0.284. The first-order valence-corrected chi connectivity index (χ1v) is 11.0. The second-order valence-corrected chi connectivity index (χ2v) is 9.78. The fraction of sp³-hybridized carbons (Fsp3) is 0.300. The molecule has 2 aromatic carbocycles.